The minimum atomic E-state index is -0.322. The third kappa shape index (κ3) is 4.83. The lowest BCUT2D eigenvalue weighted by Gasteiger charge is -2.31. The van der Waals surface area contributed by atoms with Crippen molar-refractivity contribution in [2.24, 2.45) is 5.73 Å². The number of primary amides is 1. The highest BCUT2D eigenvalue weighted by atomic mass is 16.5. The number of hydrogen-bond donors (Lipinski definition) is 2. The Hall–Kier alpha value is -3.45. The molecule has 1 aliphatic rings. The SMILES string of the molecule is COc1ccc(-c2cc(C(=O)NC3CCN(CC(N)=O)CC3)c3ccccc3n2)cc1. The van der Waals surface area contributed by atoms with Crippen molar-refractivity contribution in [1.82, 2.24) is 15.2 Å². The Balaban J connectivity index is 1.57. The van der Waals surface area contributed by atoms with E-state index >= 15 is 0 Å². The first kappa shape index (κ1) is 20.8. The number of hydrogen-bond acceptors (Lipinski definition) is 5. The largest absolute Gasteiger partial charge is 0.497 e. The van der Waals surface area contributed by atoms with E-state index in [1.54, 1.807) is 7.11 Å². The molecule has 160 valence electrons. The molecule has 3 aromatic rings. The highest BCUT2D eigenvalue weighted by Crippen LogP contribution is 2.26. The van der Waals surface area contributed by atoms with Gasteiger partial charge in [-0.25, -0.2) is 4.98 Å². The normalized spacial score (nSPS) is 15.0. The summed E-state index contributed by atoms with van der Waals surface area (Å²) in [6, 6.07) is 17.2. The number of pyridine rings is 1. The van der Waals surface area contributed by atoms with Crippen LogP contribution >= 0.6 is 0 Å². The van der Waals surface area contributed by atoms with E-state index in [1.165, 1.54) is 0 Å². The lowest BCUT2D eigenvalue weighted by molar-refractivity contribution is -0.119. The number of carbonyl (C=O) groups is 2. The summed E-state index contributed by atoms with van der Waals surface area (Å²) in [6.45, 7) is 1.74. The molecule has 7 heteroatoms. The molecule has 2 amide bonds. The molecular formula is C24H26N4O3. The summed E-state index contributed by atoms with van der Waals surface area (Å²) >= 11 is 0. The number of aromatic nitrogens is 1. The van der Waals surface area contributed by atoms with Gasteiger partial charge in [-0.05, 0) is 49.2 Å². The molecule has 0 aliphatic carbocycles. The first-order valence-corrected chi connectivity index (χ1v) is 10.4. The van der Waals surface area contributed by atoms with Crippen LogP contribution in [0.5, 0.6) is 5.75 Å². The van der Waals surface area contributed by atoms with Crippen molar-refractivity contribution in [2.75, 3.05) is 26.7 Å². The molecule has 2 aromatic carbocycles. The molecule has 3 N–H and O–H groups in total. The molecular weight excluding hydrogens is 392 g/mol. The summed E-state index contributed by atoms with van der Waals surface area (Å²) < 4.78 is 5.24. The Bertz CT molecular complexity index is 1090. The number of nitrogens with one attached hydrogen (secondary N) is 1. The van der Waals surface area contributed by atoms with Crippen molar-refractivity contribution < 1.29 is 14.3 Å². The van der Waals surface area contributed by atoms with Crippen molar-refractivity contribution in [1.29, 1.82) is 0 Å². The maximum Gasteiger partial charge on any atom is 0.252 e. The molecule has 1 aliphatic heterocycles. The third-order valence-corrected chi connectivity index (χ3v) is 5.65. The van der Waals surface area contributed by atoms with Gasteiger partial charge < -0.3 is 15.8 Å². The highest BCUT2D eigenvalue weighted by Gasteiger charge is 2.23. The van der Waals surface area contributed by atoms with Gasteiger partial charge >= 0.3 is 0 Å². The van der Waals surface area contributed by atoms with Gasteiger partial charge in [0.1, 0.15) is 5.75 Å². The van der Waals surface area contributed by atoms with Gasteiger partial charge in [-0.1, -0.05) is 18.2 Å². The Morgan fingerprint density at radius 3 is 2.52 bits per heavy atom. The van der Waals surface area contributed by atoms with Crippen molar-refractivity contribution in [3.8, 4) is 17.0 Å². The first-order valence-electron chi connectivity index (χ1n) is 10.4. The monoisotopic (exact) mass is 418 g/mol. The van der Waals surface area contributed by atoms with Gasteiger partial charge in [-0.15, -0.1) is 0 Å². The Kier molecular flexibility index (Phi) is 6.13. The maximum absolute atomic E-state index is 13.2. The summed E-state index contributed by atoms with van der Waals surface area (Å²) in [5.41, 5.74) is 8.32. The summed E-state index contributed by atoms with van der Waals surface area (Å²) in [4.78, 5) is 31.1. The minimum absolute atomic E-state index is 0.0630. The number of methoxy groups -OCH3 is 1. The van der Waals surface area contributed by atoms with Crippen molar-refractivity contribution in [3.63, 3.8) is 0 Å². The average Bonchev–Trinajstić information content (AvgIpc) is 2.79. The molecule has 2 heterocycles. The smallest absolute Gasteiger partial charge is 0.252 e. The number of fused-ring (bicyclic) bond motifs is 1. The molecule has 1 aromatic heterocycles. The predicted octanol–water partition coefficient (Wildman–Crippen LogP) is 2.59. The van der Waals surface area contributed by atoms with E-state index in [-0.39, 0.29) is 24.4 Å². The number of likely N-dealkylation sites (tertiary alicyclic amines) is 1. The second kappa shape index (κ2) is 9.14. The second-order valence-electron chi connectivity index (χ2n) is 7.79. The van der Waals surface area contributed by atoms with Gasteiger partial charge in [0.15, 0.2) is 0 Å². The van der Waals surface area contributed by atoms with Gasteiger partial charge in [0.25, 0.3) is 5.91 Å². The molecule has 0 saturated carbocycles. The molecule has 4 rings (SSSR count). The first-order chi connectivity index (χ1) is 15.0. The molecule has 7 nitrogen and oxygen atoms in total. The Morgan fingerprint density at radius 2 is 1.84 bits per heavy atom. The van der Waals surface area contributed by atoms with E-state index in [0.29, 0.717) is 5.56 Å². The average molecular weight is 418 g/mol. The van der Waals surface area contributed by atoms with E-state index in [4.69, 9.17) is 15.5 Å². The number of carbonyl (C=O) groups excluding carboxylic acids is 2. The zero-order valence-corrected chi connectivity index (χ0v) is 17.5. The van der Waals surface area contributed by atoms with Crippen molar-refractivity contribution in [3.05, 3.63) is 60.2 Å². The van der Waals surface area contributed by atoms with Crippen LogP contribution < -0.4 is 15.8 Å². The molecule has 0 bridgehead atoms. The van der Waals surface area contributed by atoms with Gasteiger partial charge in [-0.2, -0.15) is 0 Å². The number of nitrogens with two attached hydrogens (primary N) is 1. The van der Waals surface area contributed by atoms with Crippen LogP contribution in [0, 0.1) is 0 Å². The molecule has 0 unspecified atom stereocenters. The van der Waals surface area contributed by atoms with Crippen molar-refractivity contribution in [2.45, 2.75) is 18.9 Å². The van der Waals surface area contributed by atoms with Crippen LogP contribution in [0.25, 0.3) is 22.2 Å². The molecule has 31 heavy (non-hydrogen) atoms. The number of piperidine rings is 1. The fourth-order valence-electron chi connectivity index (χ4n) is 3.99. The van der Waals surface area contributed by atoms with Crippen LogP contribution in [-0.4, -0.2) is 54.5 Å². The number of benzene rings is 2. The number of nitrogens with zero attached hydrogens (tertiary/aromatic N) is 2. The van der Waals surface area contributed by atoms with Crippen LogP contribution in [-0.2, 0) is 4.79 Å². The van der Waals surface area contributed by atoms with Crippen LogP contribution in [0.3, 0.4) is 0 Å². The lowest BCUT2D eigenvalue weighted by atomic mass is 10.0. The van der Waals surface area contributed by atoms with Crippen LogP contribution in [0.15, 0.2) is 54.6 Å². The zero-order chi connectivity index (χ0) is 21.8. The zero-order valence-electron chi connectivity index (χ0n) is 17.5. The number of amides is 2. The lowest BCUT2D eigenvalue weighted by Crippen LogP contribution is -2.46. The number of rotatable bonds is 6. The van der Waals surface area contributed by atoms with E-state index in [0.717, 1.165) is 53.8 Å². The van der Waals surface area contributed by atoms with Gasteiger partial charge in [0.05, 0.1) is 30.4 Å². The summed E-state index contributed by atoms with van der Waals surface area (Å²) in [7, 11) is 1.63. The van der Waals surface area contributed by atoms with Gasteiger partial charge in [0.2, 0.25) is 5.91 Å². The fraction of sp³-hybridized carbons (Fsp3) is 0.292. The Labute approximate surface area is 181 Å². The number of para-hydroxylation sites is 1. The van der Waals surface area contributed by atoms with E-state index in [9.17, 15) is 9.59 Å². The summed E-state index contributed by atoms with van der Waals surface area (Å²) in [6.07, 6.45) is 1.57. The Morgan fingerprint density at radius 1 is 1.13 bits per heavy atom. The molecule has 1 fully saturated rings. The topological polar surface area (TPSA) is 97.5 Å². The molecule has 0 radical (unpaired) electrons. The quantitative estimate of drug-likeness (QED) is 0.641. The predicted molar refractivity (Wildman–Crippen MR) is 120 cm³/mol. The standard InChI is InChI=1S/C24H26N4O3/c1-31-18-8-6-16(7-9-18)22-14-20(19-4-2-3-5-21(19)27-22)24(30)26-17-10-12-28(13-11-17)15-23(25)29/h2-9,14,17H,10-13,15H2,1H3,(H2,25,29)(H,26,30). The minimum Gasteiger partial charge on any atom is -0.497 e. The van der Waals surface area contributed by atoms with E-state index in [2.05, 4.69) is 5.32 Å². The number of ether oxygens (including phenoxy) is 1. The van der Waals surface area contributed by atoms with Crippen molar-refractivity contribution >= 4 is 22.7 Å². The van der Waals surface area contributed by atoms with Gasteiger partial charge in [0, 0.05) is 30.1 Å². The molecule has 0 atom stereocenters. The second-order valence-corrected chi connectivity index (χ2v) is 7.79. The fourth-order valence-corrected chi connectivity index (χ4v) is 3.99. The van der Waals surface area contributed by atoms with Gasteiger partial charge in [-0.3, -0.25) is 14.5 Å². The van der Waals surface area contributed by atoms with Crippen LogP contribution in [0.2, 0.25) is 0 Å². The summed E-state index contributed by atoms with van der Waals surface area (Å²) in [5.74, 6) is 0.337. The van der Waals surface area contributed by atoms with Crippen LogP contribution in [0.1, 0.15) is 23.2 Å². The maximum atomic E-state index is 13.2. The van der Waals surface area contributed by atoms with Crippen LogP contribution in [0.4, 0.5) is 0 Å². The third-order valence-electron chi connectivity index (χ3n) is 5.65. The highest BCUT2D eigenvalue weighted by molar-refractivity contribution is 6.07. The molecule has 1 saturated heterocycles. The van der Waals surface area contributed by atoms with E-state index < -0.39 is 0 Å². The summed E-state index contributed by atoms with van der Waals surface area (Å²) in [5, 5.41) is 3.99. The molecule has 0 spiro atoms. The van der Waals surface area contributed by atoms with E-state index in [1.807, 2.05) is 59.5 Å².